The number of piperidine rings is 1. The maximum Gasteiger partial charge on any atom is 0.281 e. The number of carbonyl (C=O) groups is 1. The van der Waals surface area contributed by atoms with Crippen LogP contribution in [0.1, 0.15) is 34.5 Å². The van der Waals surface area contributed by atoms with Crippen molar-refractivity contribution < 1.29 is 9.53 Å². The lowest BCUT2D eigenvalue weighted by atomic mass is 10.1. The fourth-order valence-corrected chi connectivity index (χ4v) is 3.39. The molecule has 1 N–H and O–H groups in total. The maximum absolute atomic E-state index is 11.9. The van der Waals surface area contributed by atoms with Gasteiger partial charge in [-0.25, -0.2) is 5.43 Å². The van der Waals surface area contributed by atoms with Gasteiger partial charge in [0.25, 0.3) is 5.91 Å². The van der Waals surface area contributed by atoms with Crippen LogP contribution in [0.25, 0.3) is 0 Å². The molecule has 1 aromatic carbocycles. The van der Waals surface area contributed by atoms with Crippen molar-refractivity contribution in [2.45, 2.75) is 19.3 Å². The zero-order chi connectivity index (χ0) is 16.8. The summed E-state index contributed by atoms with van der Waals surface area (Å²) in [6.07, 6.45) is 5.40. The molecule has 1 aromatic heterocycles. The molecule has 0 bridgehead atoms. The van der Waals surface area contributed by atoms with E-state index < -0.39 is 0 Å². The summed E-state index contributed by atoms with van der Waals surface area (Å²) >= 11 is 1.39. The first-order chi connectivity index (χ1) is 11.8. The second-order valence-electron chi connectivity index (χ2n) is 5.65. The van der Waals surface area contributed by atoms with Crippen LogP contribution >= 0.6 is 11.3 Å². The number of ether oxygens (including phenoxy) is 1. The van der Waals surface area contributed by atoms with E-state index in [-0.39, 0.29) is 5.91 Å². The molecule has 1 aliphatic rings. The monoisotopic (exact) mass is 343 g/mol. The van der Waals surface area contributed by atoms with Gasteiger partial charge in [-0.2, -0.15) is 5.10 Å². The second kappa shape index (κ2) is 7.97. The molecule has 0 radical (unpaired) electrons. The molecule has 1 fully saturated rings. The SMILES string of the molecule is COc1cc(N2CCCCC2)ccc1/C=N/NC(=O)c1cccs1. The van der Waals surface area contributed by atoms with Gasteiger partial charge in [0.2, 0.25) is 0 Å². The fraction of sp³-hybridized carbons (Fsp3) is 0.333. The van der Waals surface area contributed by atoms with Crippen molar-refractivity contribution in [1.29, 1.82) is 0 Å². The van der Waals surface area contributed by atoms with Crippen LogP contribution in [0, 0.1) is 0 Å². The minimum Gasteiger partial charge on any atom is -0.496 e. The molecule has 0 atom stereocenters. The molecule has 24 heavy (non-hydrogen) atoms. The number of nitrogens with zero attached hydrogens (tertiary/aromatic N) is 2. The Morgan fingerprint density at radius 1 is 1.29 bits per heavy atom. The lowest BCUT2D eigenvalue weighted by Crippen LogP contribution is -2.29. The van der Waals surface area contributed by atoms with Crippen molar-refractivity contribution >= 4 is 29.1 Å². The summed E-state index contributed by atoms with van der Waals surface area (Å²) in [7, 11) is 1.65. The Labute approximate surface area is 145 Å². The number of nitrogens with one attached hydrogen (secondary N) is 1. The maximum atomic E-state index is 11.9. The molecular formula is C18H21N3O2S. The molecular weight excluding hydrogens is 322 g/mol. The molecule has 1 aliphatic heterocycles. The zero-order valence-electron chi connectivity index (χ0n) is 13.7. The molecule has 6 heteroatoms. The van der Waals surface area contributed by atoms with E-state index in [0.29, 0.717) is 4.88 Å². The van der Waals surface area contributed by atoms with Crippen molar-refractivity contribution in [3.63, 3.8) is 0 Å². The van der Waals surface area contributed by atoms with Gasteiger partial charge in [0.15, 0.2) is 0 Å². The van der Waals surface area contributed by atoms with Crippen LogP contribution in [-0.4, -0.2) is 32.3 Å². The summed E-state index contributed by atoms with van der Waals surface area (Å²) in [5.74, 6) is 0.553. The molecule has 0 saturated carbocycles. The van der Waals surface area contributed by atoms with Crippen LogP contribution in [0.3, 0.4) is 0 Å². The summed E-state index contributed by atoms with van der Waals surface area (Å²) in [6.45, 7) is 2.18. The van der Waals surface area contributed by atoms with Gasteiger partial charge in [-0.05, 0) is 42.8 Å². The highest BCUT2D eigenvalue weighted by molar-refractivity contribution is 7.12. The summed E-state index contributed by atoms with van der Waals surface area (Å²) in [5, 5.41) is 5.90. The molecule has 3 rings (SSSR count). The Kier molecular flexibility index (Phi) is 5.48. The number of anilines is 1. The molecule has 1 amide bonds. The van der Waals surface area contributed by atoms with Crippen molar-refractivity contribution in [1.82, 2.24) is 5.43 Å². The van der Waals surface area contributed by atoms with E-state index in [4.69, 9.17) is 4.74 Å². The minimum absolute atomic E-state index is 0.204. The summed E-state index contributed by atoms with van der Waals surface area (Å²) in [6, 6.07) is 9.70. The second-order valence-corrected chi connectivity index (χ2v) is 6.60. The predicted octanol–water partition coefficient (Wildman–Crippen LogP) is 3.51. The Bertz CT molecular complexity index is 707. The van der Waals surface area contributed by atoms with E-state index in [9.17, 15) is 4.79 Å². The average molecular weight is 343 g/mol. The fourth-order valence-electron chi connectivity index (χ4n) is 2.78. The van der Waals surface area contributed by atoms with Gasteiger partial charge >= 0.3 is 0 Å². The van der Waals surface area contributed by atoms with Gasteiger partial charge in [0.05, 0.1) is 18.2 Å². The van der Waals surface area contributed by atoms with Gasteiger partial charge in [0.1, 0.15) is 5.75 Å². The molecule has 0 unspecified atom stereocenters. The van der Waals surface area contributed by atoms with Gasteiger partial charge in [0, 0.05) is 30.4 Å². The number of hydrogen-bond donors (Lipinski definition) is 1. The normalized spacial score (nSPS) is 14.8. The Balaban J connectivity index is 1.68. The third kappa shape index (κ3) is 3.94. The Hall–Kier alpha value is -2.34. The number of hydrazone groups is 1. The molecule has 0 aliphatic carbocycles. The zero-order valence-corrected chi connectivity index (χ0v) is 14.5. The highest BCUT2D eigenvalue weighted by atomic mass is 32.1. The molecule has 0 spiro atoms. The highest BCUT2D eigenvalue weighted by Crippen LogP contribution is 2.26. The van der Waals surface area contributed by atoms with E-state index in [2.05, 4.69) is 21.5 Å². The molecule has 126 valence electrons. The van der Waals surface area contributed by atoms with Crippen molar-refractivity contribution in [3.8, 4) is 5.75 Å². The van der Waals surface area contributed by atoms with E-state index in [1.165, 1.54) is 36.3 Å². The first-order valence-corrected chi connectivity index (χ1v) is 8.96. The Morgan fingerprint density at radius 2 is 2.12 bits per heavy atom. The van der Waals surface area contributed by atoms with Crippen LogP contribution in [0.15, 0.2) is 40.8 Å². The molecule has 2 heterocycles. The predicted molar refractivity (Wildman–Crippen MR) is 98.4 cm³/mol. The number of hydrogen-bond acceptors (Lipinski definition) is 5. The summed E-state index contributed by atoms with van der Waals surface area (Å²) in [5.41, 5.74) is 4.55. The van der Waals surface area contributed by atoms with E-state index in [1.54, 1.807) is 19.4 Å². The van der Waals surface area contributed by atoms with Crippen LogP contribution in [0.5, 0.6) is 5.75 Å². The largest absolute Gasteiger partial charge is 0.496 e. The van der Waals surface area contributed by atoms with Gasteiger partial charge < -0.3 is 9.64 Å². The van der Waals surface area contributed by atoms with Crippen LogP contribution in [0.2, 0.25) is 0 Å². The van der Waals surface area contributed by atoms with Crippen molar-refractivity contribution in [2.75, 3.05) is 25.1 Å². The van der Waals surface area contributed by atoms with Crippen molar-refractivity contribution in [3.05, 3.63) is 46.2 Å². The summed E-state index contributed by atoms with van der Waals surface area (Å²) in [4.78, 5) is 14.9. The quantitative estimate of drug-likeness (QED) is 0.668. The molecule has 5 nitrogen and oxygen atoms in total. The average Bonchev–Trinajstić information content (AvgIpc) is 3.17. The van der Waals surface area contributed by atoms with Crippen LogP contribution < -0.4 is 15.1 Å². The standard InChI is InChI=1S/C18H21N3O2S/c1-23-16-12-15(21-9-3-2-4-10-21)8-7-14(16)13-19-20-18(22)17-6-5-11-24-17/h5-8,11-13H,2-4,9-10H2,1H3,(H,20,22)/b19-13+. The van der Waals surface area contributed by atoms with Crippen LogP contribution in [-0.2, 0) is 0 Å². The van der Waals surface area contributed by atoms with E-state index in [0.717, 1.165) is 24.4 Å². The van der Waals surface area contributed by atoms with Gasteiger partial charge in [-0.1, -0.05) is 6.07 Å². The highest BCUT2D eigenvalue weighted by Gasteiger charge is 2.13. The van der Waals surface area contributed by atoms with E-state index in [1.807, 2.05) is 23.6 Å². The lowest BCUT2D eigenvalue weighted by Gasteiger charge is -2.29. The van der Waals surface area contributed by atoms with Gasteiger partial charge in [-0.3, -0.25) is 4.79 Å². The van der Waals surface area contributed by atoms with E-state index >= 15 is 0 Å². The Morgan fingerprint density at radius 3 is 2.83 bits per heavy atom. The number of amides is 1. The summed E-state index contributed by atoms with van der Waals surface area (Å²) < 4.78 is 5.48. The number of benzene rings is 1. The first-order valence-electron chi connectivity index (χ1n) is 8.08. The smallest absolute Gasteiger partial charge is 0.281 e. The molecule has 1 saturated heterocycles. The van der Waals surface area contributed by atoms with Gasteiger partial charge in [-0.15, -0.1) is 11.3 Å². The van der Waals surface area contributed by atoms with Crippen molar-refractivity contribution in [2.24, 2.45) is 5.10 Å². The minimum atomic E-state index is -0.204. The van der Waals surface area contributed by atoms with Crippen LogP contribution in [0.4, 0.5) is 5.69 Å². The third-order valence-electron chi connectivity index (χ3n) is 4.05. The number of methoxy groups -OCH3 is 1. The lowest BCUT2D eigenvalue weighted by molar-refractivity contribution is 0.0959. The first kappa shape index (κ1) is 16.5. The molecule has 2 aromatic rings. The number of carbonyl (C=O) groups excluding carboxylic acids is 1. The topological polar surface area (TPSA) is 53.9 Å². The number of rotatable bonds is 5. The third-order valence-corrected chi connectivity index (χ3v) is 4.92. The number of thiophene rings is 1.